The van der Waals surface area contributed by atoms with Crippen molar-refractivity contribution in [3.8, 4) is 6.07 Å². The van der Waals surface area contributed by atoms with Gasteiger partial charge in [0.15, 0.2) is 6.61 Å². The molecule has 0 unspecified atom stereocenters. The molecule has 0 saturated carbocycles. The van der Waals surface area contributed by atoms with Crippen LogP contribution in [0.3, 0.4) is 0 Å². The number of benzene rings is 2. The number of hydrogen-bond acceptors (Lipinski definition) is 5. The number of nitrogens with one attached hydrogen (secondary N) is 1. The molecule has 0 aromatic heterocycles. The van der Waals surface area contributed by atoms with E-state index in [0.717, 1.165) is 5.69 Å². The summed E-state index contributed by atoms with van der Waals surface area (Å²) in [7, 11) is 3.81. The lowest BCUT2D eigenvalue weighted by Gasteiger charge is -2.11. The van der Waals surface area contributed by atoms with Gasteiger partial charge in [-0.2, -0.15) is 5.26 Å². The molecule has 0 aliphatic heterocycles. The number of carbonyl (C=O) groups excluding carboxylic acids is 2. The molecule has 0 heterocycles. The summed E-state index contributed by atoms with van der Waals surface area (Å²) in [6.45, 7) is -0.589. The van der Waals surface area contributed by atoms with Crippen molar-refractivity contribution < 1.29 is 18.7 Å². The number of amides is 1. The maximum atomic E-state index is 13.5. The number of esters is 1. The summed E-state index contributed by atoms with van der Waals surface area (Å²) in [4.78, 5) is 25.7. The van der Waals surface area contributed by atoms with Crippen LogP contribution in [0.2, 0.25) is 0 Å². The zero-order valence-electron chi connectivity index (χ0n) is 15.6. The quantitative estimate of drug-likeness (QED) is 0.453. The highest BCUT2D eigenvalue weighted by Gasteiger charge is 2.13. The molecule has 0 atom stereocenters. The van der Waals surface area contributed by atoms with Gasteiger partial charge in [0.05, 0.1) is 0 Å². The van der Waals surface area contributed by atoms with Gasteiger partial charge in [-0.1, -0.05) is 30.3 Å². The van der Waals surface area contributed by atoms with E-state index in [-0.39, 0.29) is 12.1 Å². The van der Waals surface area contributed by atoms with E-state index in [1.54, 1.807) is 36.4 Å². The van der Waals surface area contributed by atoms with Crippen LogP contribution in [-0.2, 0) is 20.9 Å². The molecule has 0 bridgehead atoms. The Labute approximate surface area is 162 Å². The van der Waals surface area contributed by atoms with Gasteiger partial charge >= 0.3 is 5.97 Å². The van der Waals surface area contributed by atoms with E-state index in [0.29, 0.717) is 11.1 Å². The summed E-state index contributed by atoms with van der Waals surface area (Å²) in [6, 6.07) is 15.0. The van der Waals surface area contributed by atoms with Crippen molar-refractivity contribution >= 4 is 23.6 Å². The predicted molar refractivity (Wildman–Crippen MR) is 104 cm³/mol. The molecule has 6 nitrogen and oxygen atoms in total. The Morgan fingerprint density at radius 3 is 2.46 bits per heavy atom. The maximum Gasteiger partial charge on any atom is 0.349 e. The highest BCUT2D eigenvalue weighted by atomic mass is 19.1. The molecule has 0 aliphatic rings. The Balaban J connectivity index is 1.90. The van der Waals surface area contributed by atoms with E-state index in [4.69, 9.17) is 4.74 Å². The van der Waals surface area contributed by atoms with Crippen molar-refractivity contribution in [2.75, 3.05) is 25.6 Å². The van der Waals surface area contributed by atoms with E-state index in [1.807, 2.05) is 31.1 Å². The second kappa shape index (κ2) is 9.88. The third-order valence-electron chi connectivity index (χ3n) is 3.83. The second-order valence-corrected chi connectivity index (χ2v) is 6.10. The van der Waals surface area contributed by atoms with Gasteiger partial charge in [-0.05, 0) is 29.8 Å². The lowest BCUT2D eigenvalue weighted by Crippen LogP contribution is -2.28. The fourth-order valence-corrected chi connectivity index (χ4v) is 2.27. The Hall–Kier alpha value is -3.66. The van der Waals surface area contributed by atoms with Crippen LogP contribution in [0.5, 0.6) is 0 Å². The van der Waals surface area contributed by atoms with E-state index < -0.39 is 24.3 Å². The molecule has 1 N–H and O–H groups in total. The summed E-state index contributed by atoms with van der Waals surface area (Å²) in [5, 5.41) is 11.6. The Morgan fingerprint density at radius 1 is 1.18 bits per heavy atom. The van der Waals surface area contributed by atoms with E-state index in [9.17, 15) is 19.2 Å². The molecule has 28 heavy (non-hydrogen) atoms. The van der Waals surface area contributed by atoms with Gasteiger partial charge in [0, 0.05) is 31.9 Å². The predicted octanol–water partition coefficient (Wildman–Crippen LogP) is 2.66. The summed E-state index contributed by atoms with van der Waals surface area (Å²) < 4.78 is 18.4. The molecule has 0 radical (unpaired) electrons. The van der Waals surface area contributed by atoms with Crippen molar-refractivity contribution in [3.05, 3.63) is 71.0 Å². The molecule has 0 fully saturated rings. The molecular weight excluding hydrogens is 361 g/mol. The maximum absolute atomic E-state index is 13.5. The van der Waals surface area contributed by atoms with Gasteiger partial charge in [0.25, 0.3) is 5.91 Å². The Bertz CT molecular complexity index is 915. The van der Waals surface area contributed by atoms with Crippen molar-refractivity contribution in [2.45, 2.75) is 6.54 Å². The monoisotopic (exact) mass is 381 g/mol. The number of halogens is 1. The number of anilines is 1. The molecule has 2 aromatic rings. The number of nitrogens with zero attached hydrogens (tertiary/aromatic N) is 2. The topological polar surface area (TPSA) is 82.4 Å². The molecule has 0 aliphatic carbocycles. The van der Waals surface area contributed by atoms with Gasteiger partial charge in [0.2, 0.25) is 0 Å². The first-order valence-corrected chi connectivity index (χ1v) is 8.47. The third-order valence-corrected chi connectivity index (χ3v) is 3.83. The zero-order valence-corrected chi connectivity index (χ0v) is 15.6. The highest BCUT2D eigenvalue weighted by Crippen LogP contribution is 2.15. The largest absolute Gasteiger partial charge is 0.451 e. The number of nitriles is 1. The Morgan fingerprint density at radius 2 is 1.86 bits per heavy atom. The van der Waals surface area contributed by atoms with Crippen LogP contribution in [0, 0.1) is 17.1 Å². The minimum absolute atomic E-state index is 0.0256. The summed E-state index contributed by atoms with van der Waals surface area (Å²) in [6.07, 6.45) is 1.39. The van der Waals surface area contributed by atoms with Crippen LogP contribution in [-0.4, -0.2) is 32.6 Å². The molecule has 144 valence electrons. The lowest BCUT2D eigenvalue weighted by molar-refractivity contribution is -0.144. The smallest absolute Gasteiger partial charge is 0.349 e. The van der Waals surface area contributed by atoms with Crippen LogP contribution >= 0.6 is 0 Å². The van der Waals surface area contributed by atoms with Crippen LogP contribution in [0.15, 0.2) is 54.1 Å². The Kier molecular flexibility index (Phi) is 7.28. The minimum atomic E-state index is -0.903. The molecule has 2 rings (SSSR count). The normalized spacial score (nSPS) is 10.7. The first kappa shape index (κ1) is 20.6. The second-order valence-electron chi connectivity index (χ2n) is 6.10. The van der Waals surface area contributed by atoms with Gasteiger partial charge in [-0.15, -0.1) is 0 Å². The third kappa shape index (κ3) is 5.95. The fraction of sp³-hybridized carbons (Fsp3) is 0.190. The number of rotatable bonds is 7. The van der Waals surface area contributed by atoms with Gasteiger partial charge < -0.3 is 15.0 Å². The molecule has 7 heteroatoms. The van der Waals surface area contributed by atoms with Gasteiger partial charge in [0.1, 0.15) is 17.5 Å². The van der Waals surface area contributed by atoms with Gasteiger partial charge in [-0.3, -0.25) is 4.79 Å². The molecular formula is C21H20FN3O3. The first-order valence-electron chi connectivity index (χ1n) is 8.47. The van der Waals surface area contributed by atoms with E-state index >= 15 is 0 Å². The van der Waals surface area contributed by atoms with Crippen molar-refractivity contribution in [1.29, 1.82) is 5.26 Å². The number of carbonyl (C=O) groups is 2. The SMILES string of the molecule is CN(C)c1ccc(/C=C(\C#N)C(=O)OCC(=O)NCc2ccccc2F)cc1. The standard InChI is InChI=1S/C21H20FN3O3/c1-25(2)18-9-7-15(8-10-18)11-17(12-23)21(27)28-14-20(26)24-13-16-5-3-4-6-19(16)22/h3-11H,13-14H2,1-2H3,(H,24,26)/b17-11+. The molecule has 2 aromatic carbocycles. The van der Waals surface area contributed by atoms with Crippen LogP contribution in [0.1, 0.15) is 11.1 Å². The van der Waals surface area contributed by atoms with E-state index in [1.165, 1.54) is 12.1 Å². The number of hydrogen-bond donors (Lipinski definition) is 1. The molecule has 0 spiro atoms. The average molecular weight is 381 g/mol. The van der Waals surface area contributed by atoms with Gasteiger partial charge in [-0.25, -0.2) is 9.18 Å². The summed E-state index contributed by atoms with van der Waals surface area (Å²) in [5.41, 5.74) is 1.73. The van der Waals surface area contributed by atoms with Crippen molar-refractivity contribution in [2.24, 2.45) is 0 Å². The number of ether oxygens (including phenoxy) is 1. The van der Waals surface area contributed by atoms with Crippen LogP contribution in [0.4, 0.5) is 10.1 Å². The zero-order chi connectivity index (χ0) is 20.5. The molecule has 1 amide bonds. The van der Waals surface area contributed by atoms with E-state index in [2.05, 4.69) is 5.32 Å². The summed E-state index contributed by atoms with van der Waals surface area (Å²) >= 11 is 0. The average Bonchev–Trinajstić information content (AvgIpc) is 2.70. The van der Waals surface area contributed by atoms with Crippen LogP contribution < -0.4 is 10.2 Å². The van der Waals surface area contributed by atoms with Crippen LogP contribution in [0.25, 0.3) is 6.08 Å². The first-order chi connectivity index (χ1) is 13.4. The molecule has 0 saturated heterocycles. The highest BCUT2D eigenvalue weighted by molar-refractivity contribution is 5.98. The lowest BCUT2D eigenvalue weighted by atomic mass is 10.1. The fourth-order valence-electron chi connectivity index (χ4n) is 2.27. The minimum Gasteiger partial charge on any atom is -0.451 e. The summed E-state index contributed by atoms with van der Waals surface area (Å²) in [5.74, 6) is -1.93. The van der Waals surface area contributed by atoms with Crippen molar-refractivity contribution in [1.82, 2.24) is 5.32 Å². The van der Waals surface area contributed by atoms with Crippen molar-refractivity contribution in [3.63, 3.8) is 0 Å².